The average molecular weight is 258 g/mol. The summed E-state index contributed by atoms with van der Waals surface area (Å²) in [4.78, 5) is 4.63. The third kappa shape index (κ3) is 3.67. The van der Waals surface area contributed by atoms with Gasteiger partial charge in [-0.15, -0.1) is 0 Å². The van der Waals surface area contributed by atoms with Gasteiger partial charge in [0.1, 0.15) is 0 Å². The summed E-state index contributed by atoms with van der Waals surface area (Å²) < 4.78 is 5.78. The molecular formula is C16H22N2O. The van der Waals surface area contributed by atoms with Crippen molar-refractivity contribution in [2.45, 2.75) is 39.8 Å². The van der Waals surface area contributed by atoms with Gasteiger partial charge >= 0.3 is 0 Å². The second-order valence-corrected chi connectivity index (χ2v) is 5.03. The maximum absolute atomic E-state index is 5.78. The first-order valence-electron chi connectivity index (χ1n) is 6.95. The van der Waals surface area contributed by atoms with Gasteiger partial charge in [0.05, 0.1) is 12.1 Å². The van der Waals surface area contributed by atoms with E-state index >= 15 is 0 Å². The van der Waals surface area contributed by atoms with E-state index in [0.29, 0.717) is 12.6 Å². The lowest BCUT2D eigenvalue weighted by Gasteiger charge is -2.13. The lowest BCUT2D eigenvalue weighted by molar-refractivity contribution is 0.302. The summed E-state index contributed by atoms with van der Waals surface area (Å²) in [6, 6.07) is 10.8. The van der Waals surface area contributed by atoms with Crippen LogP contribution in [-0.4, -0.2) is 17.6 Å². The minimum absolute atomic E-state index is 0.450. The van der Waals surface area contributed by atoms with E-state index < -0.39 is 0 Å². The topological polar surface area (TPSA) is 34.1 Å². The molecule has 0 aliphatic heterocycles. The highest BCUT2D eigenvalue weighted by molar-refractivity contribution is 5.80. The quantitative estimate of drug-likeness (QED) is 0.860. The Morgan fingerprint density at radius 3 is 2.79 bits per heavy atom. The van der Waals surface area contributed by atoms with Crippen LogP contribution in [0.25, 0.3) is 10.9 Å². The van der Waals surface area contributed by atoms with Crippen LogP contribution in [0, 0.1) is 0 Å². The molecule has 0 spiro atoms. The Balaban J connectivity index is 2.32. The molecule has 3 heteroatoms. The molecule has 0 fully saturated rings. The Labute approximate surface area is 115 Å². The van der Waals surface area contributed by atoms with Crippen molar-refractivity contribution in [3.8, 4) is 5.88 Å². The summed E-state index contributed by atoms with van der Waals surface area (Å²) in [5.41, 5.74) is 2.11. The van der Waals surface area contributed by atoms with Crippen molar-refractivity contribution >= 4 is 10.9 Å². The van der Waals surface area contributed by atoms with Crippen molar-refractivity contribution in [3.63, 3.8) is 0 Å². The predicted octanol–water partition coefficient (Wildman–Crippen LogP) is 3.52. The standard InChI is InChI=1S/C16H22N2O/c1-4-9-19-16-14(11-17-12(2)3)10-13-7-5-6-8-15(13)18-16/h5-8,10,12,17H,4,9,11H2,1-3H3. The van der Waals surface area contributed by atoms with Gasteiger partial charge in [0.25, 0.3) is 0 Å². The molecule has 0 amide bonds. The number of ether oxygens (including phenoxy) is 1. The maximum Gasteiger partial charge on any atom is 0.218 e. The third-order valence-corrected chi connectivity index (χ3v) is 2.91. The van der Waals surface area contributed by atoms with Gasteiger partial charge in [0.2, 0.25) is 5.88 Å². The van der Waals surface area contributed by atoms with Crippen LogP contribution in [0.2, 0.25) is 0 Å². The minimum atomic E-state index is 0.450. The van der Waals surface area contributed by atoms with E-state index in [4.69, 9.17) is 4.74 Å². The molecule has 0 atom stereocenters. The highest BCUT2D eigenvalue weighted by atomic mass is 16.5. The normalized spacial score (nSPS) is 11.2. The molecule has 3 nitrogen and oxygen atoms in total. The molecule has 1 heterocycles. The number of hydrogen-bond donors (Lipinski definition) is 1. The smallest absolute Gasteiger partial charge is 0.218 e. The molecule has 1 aromatic carbocycles. The van der Waals surface area contributed by atoms with E-state index in [9.17, 15) is 0 Å². The molecule has 19 heavy (non-hydrogen) atoms. The van der Waals surface area contributed by atoms with Crippen molar-refractivity contribution in [2.24, 2.45) is 0 Å². The van der Waals surface area contributed by atoms with Crippen molar-refractivity contribution in [1.82, 2.24) is 10.3 Å². The number of hydrogen-bond acceptors (Lipinski definition) is 3. The van der Waals surface area contributed by atoms with Crippen molar-refractivity contribution < 1.29 is 4.74 Å². The summed E-state index contributed by atoms with van der Waals surface area (Å²) in [6.07, 6.45) is 0.992. The van der Waals surface area contributed by atoms with Crippen LogP contribution < -0.4 is 10.1 Å². The number of pyridine rings is 1. The van der Waals surface area contributed by atoms with Gasteiger partial charge in [-0.25, -0.2) is 4.98 Å². The molecule has 0 aliphatic rings. The van der Waals surface area contributed by atoms with E-state index in [0.717, 1.165) is 35.3 Å². The summed E-state index contributed by atoms with van der Waals surface area (Å²) >= 11 is 0. The molecule has 0 radical (unpaired) electrons. The minimum Gasteiger partial charge on any atom is -0.477 e. The number of nitrogens with zero attached hydrogens (tertiary/aromatic N) is 1. The van der Waals surface area contributed by atoms with Crippen molar-refractivity contribution in [1.29, 1.82) is 0 Å². The molecule has 0 aliphatic carbocycles. The van der Waals surface area contributed by atoms with Crippen LogP contribution in [0.5, 0.6) is 5.88 Å². The molecule has 0 unspecified atom stereocenters. The molecule has 0 saturated heterocycles. The summed E-state index contributed by atoms with van der Waals surface area (Å²) in [7, 11) is 0. The summed E-state index contributed by atoms with van der Waals surface area (Å²) in [5.74, 6) is 0.758. The number of nitrogens with one attached hydrogen (secondary N) is 1. The van der Waals surface area contributed by atoms with E-state index in [1.807, 2.05) is 18.2 Å². The van der Waals surface area contributed by atoms with Gasteiger partial charge in [-0.05, 0) is 18.6 Å². The second-order valence-electron chi connectivity index (χ2n) is 5.03. The number of para-hydroxylation sites is 1. The molecule has 2 aromatic rings. The van der Waals surface area contributed by atoms with Gasteiger partial charge in [0.15, 0.2) is 0 Å². The molecule has 102 valence electrons. The zero-order valence-corrected chi connectivity index (χ0v) is 11.9. The lowest BCUT2D eigenvalue weighted by Crippen LogP contribution is -2.22. The first-order chi connectivity index (χ1) is 9.20. The highest BCUT2D eigenvalue weighted by Crippen LogP contribution is 2.22. The molecular weight excluding hydrogens is 236 g/mol. The number of benzene rings is 1. The Morgan fingerprint density at radius 1 is 1.26 bits per heavy atom. The maximum atomic E-state index is 5.78. The van der Waals surface area contributed by atoms with Gasteiger partial charge in [-0.1, -0.05) is 39.0 Å². The molecule has 0 saturated carbocycles. The average Bonchev–Trinajstić information content (AvgIpc) is 2.42. The molecule has 2 rings (SSSR count). The van der Waals surface area contributed by atoms with Gasteiger partial charge in [-0.3, -0.25) is 0 Å². The van der Waals surface area contributed by atoms with Crippen LogP contribution in [0.3, 0.4) is 0 Å². The van der Waals surface area contributed by atoms with Gasteiger partial charge < -0.3 is 10.1 Å². The number of aromatic nitrogens is 1. The largest absolute Gasteiger partial charge is 0.477 e. The van der Waals surface area contributed by atoms with Crippen molar-refractivity contribution in [3.05, 3.63) is 35.9 Å². The molecule has 0 bridgehead atoms. The van der Waals surface area contributed by atoms with Gasteiger partial charge in [-0.2, -0.15) is 0 Å². The fourth-order valence-corrected chi connectivity index (χ4v) is 1.91. The van der Waals surface area contributed by atoms with Gasteiger partial charge in [0, 0.05) is 23.5 Å². The Morgan fingerprint density at radius 2 is 2.05 bits per heavy atom. The van der Waals surface area contributed by atoms with E-state index in [2.05, 4.69) is 43.2 Å². The third-order valence-electron chi connectivity index (χ3n) is 2.91. The van der Waals surface area contributed by atoms with Crippen LogP contribution in [0.4, 0.5) is 0 Å². The van der Waals surface area contributed by atoms with Crippen LogP contribution >= 0.6 is 0 Å². The predicted molar refractivity (Wildman–Crippen MR) is 79.5 cm³/mol. The number of rotatable bonds is 6. The first kappa shape index (κ1) is 13.8. The van der Waals surface area contributed by atoms with Crippen LogP contribution in [0.1, 0.15) is 32.8 Å². The second kappa shape index (κ2) is 6.53. The molecule has 1 aromatic heterocycles. The van der Waals surface area contributed by atoms with Crippen LogP contribution in [-0.2, 0) is 6.54 Å². The fourth-order valence-electron chi connectivity index (χ4n) is 1.91. The van der Waals surface area contributed by atoms with E-state index in [1.165, 1.54) is 0 Å². The Bertz CT molecular complexity index is 537. The first-order valence-corrected chi connectivity index (χ1v) is 6.95. The van der Waals surface area contributed by atoms with E-state index in [-0.39, 0.29) is 0 Å². The number of fused-ring (bicyclic) bond motifs is 1. The monoisotopic (exact) mass is 258 g/mol. The van der Waals surface area contributed by atoms with Crippen molar-refractivity contribution in [2.75, 3.05) is 6.61 Å². The SMILES string of the molecule is CCCOc1nc2ccccc2cc1CNC(C)C. The van der Waals surface area contributed by atoms with E-state index in [1.54, 1.807) is 0 Å². The Kier molecular flexibility index (Phi) is 4.74. The summed E-state index contributed by atoms with van der Waals surface area (Å²) in [6.45, 7) is 7.88. The molecule has 1 N–H and O–H groups in total. The zero-order chi connectivity index (χ0) is 13.7. The highest BCUT2D eigenvalue weighted by Gasteiger charge is 2.08. The summed E-state index contributed by atoms with van der Waals surface area (Å²) in [5, 5.41) is 4.58. The fraction of sp³-hybridized carbons (Fsp3) is 0.438. The lowest BCUT2D eigenvalue weighted by atomic mass is 10.1. The Hall–Kier alpha value is -1.61. The van der Waals surface area contributed by atoms with Crippen LogP contribution in [0.15, 0.2) is 30.3 Å². The zero-order valence-electron chi connectivity index (χ0n) is 11.9.